The average molecular weight is 253 g/mol. The monoisotopic (exact) mass is 252 g/mol. The van der Waals surface area contributed by atoms with E-state index in [0.29, 0.717) is 6.61 Å². The van der Waals surface area contributed by atoms with Crippen LogP contribution in [0.2, 0.25) is 0 Å². The quantitative estimate of drug-likeness (QED) is 0.753. The van der Waals surface area contributed by atoms with Crippen molar-refractivity contribution in [2.45, 2.75) is 38.3 Å². The summed E-state index contributed by atoms with van der Waals surface area (Å²) < 4.78 is 5.54. The maximum atomic E-state index is 8.69. The van der Waals surface area contributed by atoms with Crippen molar-refractivity contribution < 1.29 is 9.84 Å². The molecule has 0 spiro atoms. The van der Waals surface area contributed by atoms with Crippen LogP contribution >= 0.6 is 12.4 Å². The van der Waals surface area contributed by atoms with Gasteiger partial charge in [-0.15, -0.1) is 12.4 Å². The summed E-state index contributed by atoms with van der Waals surface area (Å²) in [4.78, 5) is 2.35. The van der Waals surface area contributed by atoms with Crippen molar-refractivity contribution in [1.82, 2.24) is 4.90 Å². The molecule has 0 aliphatic carbocycles. The molecule has 4 nitrogen and oxygen atoms in total. The molecule has 1 saturated heterocycles. The Bertz CT molecular complexity index is 185. The van der Waals surface area contributed by atoms with Crippen LogP contribution in [-0.4, -0.2) is 54.5 Å². The zero-order valence-electron chi connectivity index (χ0n) is 10.3. The van der Waals surface area contributed by atoms with Gasteiger partial charge in [0.2, 0.25) is 0 Å². The summed E-state index contributed by atoms with van der Waals surface area (Å²) in [5, 5.41) is 8.69. The second kappa shape index (κ2) is 7.45. The van der Waals surface area contributed by atoms with Crippen LogP contribution in [0.3, 0.4) is 0 Å². The Morgan fingerprint density at radius 3 is 2.75 bits per heavy atom. The summed E-state index contributed by atoms with van der Waals surface area (Å²) in [5.74, 6) is 0. The Kier molecular flexibility index (Phi) is 7.52. The highest BCUT2D eigenvalue weighted by molar-refractivity contribution is 5.85. The number of aliphatic hydroxyl groups excluding tert-OH is 1. The average Bonchev–Trinajstić information content (AvgIpc) is 2.12. The van der Waals surface area contributed by atoms with Crippen LogP contribution in [0.4, 0.5) is 0 Å². The first-order chi connectivity index (χ1) is 7.01. The van der Waals surface area contributed by atoms with Gasteiger partial charge in [0, 0.05) is 18.6 Å². The third kappa shape index (κ3) is 6.66. The number of nitrogens with two attached hydrogens (primary N) is 1. The summed E-state index contributed by atoms with van der Waals surface area (Å²) >= 11 is 0. The summed E-state index contributed by atoms with van der Waals surface area (Å²) in [5.41, 5.74) is 5.85. The Labute approximate surface area is 105 Å². The second-order valence-electron chi connectivity index (χ2n) is 5.08. The van der Waals surface area contributed by atoms with Gasteiger partial charge in [0.1, 0.15) is 0 Å². The number of nitrogens with zero attached hydrogens (tertiary/aromatic N) is 1. The highest BCUT2D eigenvalue weighted by Crippen LogP contribution is 2.14. The lowest BCUT2D eigenvalue weighted by atomic mass is 10.0. The maximum absolute atomic E-state index is 8.69. The molecule has 0 amide bonds. The number of rotatable bonds is 5. The first-order valence-corrected chi connectivity index (χ1v) is 5.75. The van der Waals surface area contributed by atoms with E-state index in [9.17, 15) is 0 Å². The van der Waals surface area contributed by atoms with Crippen LogP contribution in [0.15, 0.2) is 0 Å². The van der Waals surface area contributed by atoms with Crippen molar-refractivity contribution in [1.29, 1.82) is 0 Å². The van der Waals surface area contributed by atoms with Gasteiger partial charge in [-0.25, -0.2) is 0 Å². The highest BCUT2D eigenvalue weighted by atomic mass is 35.5. The molecule has 0 aromatic carbocycles. The number of piperidine rings is 1. The van der Waals surface area contributed by atoms with Crippen molar-refractivity contribution >= 4 is 12.4 Å². The maximum Gasteiger partial charge on any atom is 0.0703 e. The Hall–Kier alpha value is 0.130. The predicted molar refractivity (Wildman–Crippen MR) is 68.0 cm³/mol. The van der Waals surface area contributed by atoms with E-state index >= 15 is 0 Å². The number of likely N-dealkylation sites (tertiary alicyclic amines) is 1. The van der Waals surface area contributed by atoms with Crippen molar-refractivity contribution in [3.8, 4) is 0 Å². The first kappa shape index (κ1) is 16.1. The summed E-state index contributed by atoms with van der Waals surface area (Å²) in [6, 6.07) is 0. The van der Waals surface area contributed by atoms with Gasteiger partial charge in [0.15, 0.2) is 0 Å². The Morgan fingerprint density at radius 2 is 2.19 bits per heavy atom. The molecule has 1 unspecified atom stereocenters. The fourth-order valence-electron chi connectivity index (χ4n) is 2.09. The van der Waals surface area contributed by atoms with Crippen molar-refractivity contribution in [2.75, 3.05) is 32.8 Å². The number of hydrogen-bond acceptors (Lipinski definition) is 4. The van der Waals surface area contributed by atoms with Gasteiger partial charge in [-0.1, -0.05) is 0 Å². The smallest absolute Gasteiger partial charge is 0.0703 e. The minimum absolute atomic E-state index is 0. The lowest BCUT2D eigenvalue weighted by Gasteiger charge is -2.36. The number of ether oxygens (including phenoxy) is 1. The van der Waals surface area contributed by atoms with Crippen molar-refractivity contribution in [3.63, 3.8) is 0 Å². The second-order valence-corrected chi connectivity index (χ2v) is 5.08. The van der Waals surface area contributed by atoms with E-state index in [1.165, 1.54) is 0 Å². The molecule has 98 valence electrons. The third-order valence-electron chi connectivity index (χ3n) is 2.54. The highest BCUT2D eigenvalue weighted by Gasteiger charge is 2.23. The molecule has 0 aromatic heterocycles. The SMILES string of the molecule is CC(C)(N)CN1CCCC(OCCO)C1.Cl. The van der Waals surface area contributed by atoms with Crippen LogP contribution < -0.4 is 5.73 Å². The Balaban J connectivity index is 0.00000225. The van der Waals surface area contributed by atoms with E-state index < -0.39 is 0 Å². The molecular formula is C11H25ClN2O2. The molecule has 0 bridgehead atoms. The number of hydrogen-bond donors (Lipinski definition) is 2. The number of halogens is 1. The van der Waals surface area contributed by atoms with E-state index in [4.69, 9.17) is 15.6 Å². The summed E-state index contributed by atoms with van der Waals surface area (Å²) in [6.07, 6.45) is 2.53. The van der Waals surface area contributed by atoms with Crippen LogP contribution in [0.25, 0.3) is 0 Å². The van der Waals surface area contributed by atoms with Crippen LogP contribution in [0.1, 0.15) is 26.7 Å². The fourth-order valence-corrected chi connectivity index (χ4v) is 2.09. The molecular weight excluding hydrogens is 228 g/mol. The zero-order valence-corrected chi connectivity index (χ0v) is 11.1. The van der Waals surface area contributed by atoms with Gasteiger partial charge in [0.05, 0.1) is 19.3 Å². The molecule has 1 fully saturated rings. The molecule has 1 aliphatic heterocycles. The van der Waals surface area contributed by atoms with Gasteiger partial charge < -0.3 is 15.6 Å². The molecule has 3 N–H and O–H groups in total. The van der Waals surface area contributed by atoms with E-state index in [1.807, 2.05) is 13.8 Å². The summed E-state index contributed by atoms with van der Waals surface area (Å²) in [7, 11) is 0. The van der Waals surface area contributed by atoms with E-state index in [1.54, 1.807) is 0 Å². The molecule has 1 heterocycles. The van der Waals surface area contributed by atoms with Gasteiger partial charge in [-0.2, -0.15) is 0 Å². The van der Waals surface area contributed by atoms with Gasteiger partial charge >= 0.3 is 0 Å². The molecule has 0 radical (unpaired) electrons. The van der Waals surface area contributed by atoms with Gasteiger partial charge in [0.25, 0.3) is 0 Å². The lowest BCUT2D eigenvalue weighted by Crippen LogP contribution is -2.50. The first-order valence-electron chi connectivity index (χ1n) is 5.75. The minimum Gasteiger partial charge on any atom is -0.394 e. The number of aliphatic hydroxyl groups is 1. The van der Waals surface area contributed by atoms with E-state index in [2.05, 4.69) is 4.90 Å². The lowest BCUT2D eigenvalue weighted by molar-refractivity contribution is -0.0176. The molecule has 0 aromatic rings. The molecule has 1 rings (SSSR count). The largest absolute Gasteiger partial charge is 0.394 e. The zero-order chi connectivity index (χ0) is 11.3. The van der Waals surface area contributed by atoms with Crippen molar-refractivity contribution in [3.05, 3.63) is 0 Å². The van der Waals surface area contributed by atoms with Gasteiger partial charge in [-0.3, -0.25) is 4.90 Å². The van der Waals surface area contributed by atoms with Gasteiger partial charge in [-0.05, 0) is 33.2 Å². The molecule has 0 saturated carbocycles. The molecule has 1 aliphatic rings. The predicted octanol–water partition coefficient (Wildman–Crippen LogP) is 0.619. The summed E-state index contributed by atoms with van der Waals surface area (Å²) in [6.45, 7) is 7.62. The minimum atomic E-state index is -0.140. The fraction of sp³-hybridized carbons (Fsp3) is 1.00. The molecule has 16 heavy (non-hydrogen) atoms. The van der Waals surface area contributed by atoms with Crippen LogP contribution in [0.5, 0.6) is 0 Å². The van der Waals surface area contributed by atoms with Crippen LogP contribution in [-0.2, 0) is 4.74 Å². The molecule has 1 atom stereocenters. The third-order valence-corrected chi connectivity index (χ3v) is 2.54. The van der Waals surface area contributed by atoms with E-state index in [-0.39, 0.29) is 30.7 Å². The normalized spacial score (nSPS) is 22.9. The van der Waals surface area contributed by atoms with E-state index in [0.717, 1.165) is 32.5 Å². The topological polar surface area (TPSA) is 58.7 Å². The van der Waals surface area contributed by atoms with Crippen molar-refractivity contribution in [2.24, 2.45) is 5.73 Å². The van der Waals surface area contributed by atoms with Crippen LogP contribution in [0, 0.1) is 0 Å². The standard InChI is InChI=1S/C11H24N2O2.ClH/c1-11(2,12)9-13-5-3-4-10(8-13)15-7-6-14;/h10,14H,3-9,12H2,1-2H3;1H. The molecule has 5 heteroatoms. The Morgan fingerprint density at radius 1 is 1.50 bits per heavy atom.